The lowest BCUT2D eigenvalue weighted by Gasteiger charge is -2.17. The molecule has 0 aliphatic heterocycles. The third kappa shape index (κ3) is 5.61. The number of aryl methyl sites for hydroxylation is 1. The Hall–Kier alpha value is -3.22. The molecule has 188 valence electrons. The van der Waals surface area contributed by atoms with E-state index in [1.54, 1.807) is 32.0 Å². The first kappa shape index (κ1) is 25.9. The maximum atomic E-state index is 13.5. The van der Waals surface area contributed by atoms with E-state index in [1.807, 2.05) is 54.6 Å². The van der Waals surface area contributed by atoms with Crippen LogP contribution < -0.4 is 11.0 Å². The van der Waals surface area contributed by atoms with Crippen LogP contribution in [0.2, 0.25) is 0 Å². The molecule has 0 aliphatic carbocycles. The van der Waals surface area contributed by atoms with Crippen molar-refractivity contribution in [1.29, 1.82) is 0 Å². The van der Waals surface area contributed by atoms with Crippen LogP contribution in [0.5, 0.6) is 5.88 Å². The quantitative estimate of drug-likeness (QED) is 0.176. The molecule has 0 spiro atoms. The number of aromatic hydroxyl groups is 1. The summed E-state index contributed by atoms with van der Waals surface area (Å²) in [5.74, 6) is -0.0213. The van der Waals surface area contributed by atoms with Crippen LogP contribution in [0, 0.1) is 0 Å². The number of H-pyrrole nitrogens is 1. The molecule has 4 N–H and O–H groups in total. The second-order valence-corrected chi connectivity index (χ2v) is 10.3. The molecule has 0 saturated carbocycles. The highest BCUT2D eigenvalue weighted by Gasteiger charge is 2.28. The largest absolute Gasteiger partial charge is 0.494 e. The third-order valence-corrected chi connectivity index (χ3v) is 7.91. The fraction of sp³-hybridized carbons (Fsp3) is 0.250. The summed E-state index contributed by atoms with van der Waals surface area (Å²) in [6.45, 7) is 4.70. The van der Waals surface area contributed by atoms with Crippen molar-refractivity contribution in [1.82, 2.24) is 4.98 Å². The van der Waals surface area contributed by atoms with E-state index in [4.69, 9.17) is 19.8 Å². The van der Waals surface area contributed by atoms with Crippen LogP contribution in [0.15, 0.2) is 77.8 Å². The van der Waals surface area contributed by atoms with Crippen LogP contribution in [0.3, 0.4) is 0 Å². The average molecular weight is 506 g/mol. The molecule has 0 fully saturated rings. The molecule has 7 nitrogen and oxygen atoms in total. The number of rotatable bonds is 11. The van der Waals surface area contributed by atoms with Gasteiger partial charge in [-0.3, -0.25) is 4.57 Å². The highest BCUT2D eigenvalue weighted by Crippen LogP contribution is 2.47. The van der Waals surface area contributed by atoms with Gasteiger partial charge in [-0.2, -0.15) is 0 Å². The molecule has 36 heavy (non-hydrogen) atoms. The normalized spacial score (nSPS) is 12.4. The number of nitrogens with two attached hydrogens (primary N) is 1. The first-order chi connectivity index (χ1) is 17.5. The van der Waals surface area contributed by atoms with E-state index in [9.17, 15) is 9.67 Å². The fourth-order valence-corrected chi connectivity index (χ4v) is 5.73. The maximum Gasteiger partial charge on any atom is 0.361 e. The van der Waals surface area contributed by atoms with Gasteiger partial charge in [0.25, 0.3) is 0 Å². The monoisotopic (exact) mass is 505 g/mol. The van der Waals surface area contributed by atoms with Crippen molar-refractivity contribution in [2.75, 3.05) is 19.8 Å². The Morgan fingerprint density at radius 2 is 1.69 bits per heavy atom. The second-order valence-electron chi connectivity index (χ2n) is 8.30. The Bertz CT molecular complexity index is 1370. The SMILES string of the molecule is CCOP(=O)(OCC)c1ccc2[nH]c(O)c(C(=Nc3ccc(CCCN)cc3)c3ccccc3)c2c1. The van der Waals surface area contributed by atoms with Crippen molar-refractivity contribution in [2.45, 2.75) is 26.7 Å². The van der Waals surface area contributed by atoms with Crippen LogP contribution in [-0.2, 0) is 20.0 Å². The third-order valence-electron chi connectivity index (χ3n) is 5.81. The number of fused-ring (bicyclic) bond motifs is 1. The van der Waals surface area contributed by atoms with Gasteiger partial charge in [0.1, 0.15) is 0 Å². The van der Waals surface area contributed by atoms with Crippen molar-refractivity contribution in [2.24, 2.45) is 10.7 Å². The van der Waals surface area contributed by atoms with E-state index in [0.29, 0.717) is 34.0 Å². The Kier molecular flexibility index (Phi) is 8.39. The summed E-state index contributed by atoms with van der Waals surface area (Å²) in [6.07, 6.45) is 1.84. The molecule has 8 heteroatoms. The summed E-state index contributed by atoms with van der Waals surface area (Å²) in [5.41, 5.74) is 10.2. The zero-order valence-corrected chi connectivity index (χ0v) is 21.5. The number of aromatic amines is 1. The molecule has 0 radical (unpaired) electrons. The molecular formula is C28H32N3O4P. The Labute approximate surface area is 211 Å². The zero-order chi connectivity index (χ0) is 25.5. The number of hydrogen-bond acceptors (Lipinski definition) is 6. The highest BCUT2D eigenvalue weighted by atomic mass is 31.2. The first-order valence-corrected chi connectivity index (χ1v) is 13.7. The van der Waals surface area contributed by atoms with Crippen LogP contribution >= 0.6 is 7.60 Å². The van der Waals surface area contributed by atoms with Gasteiger partial charge in [-0.05, 0) is 69.1 Å². The molecule has 0 saturated heterocycles. The number of aromatic nitrogens is 1. The minimum Gasteiger partial charge on any atom is -0.494 e. The zero-order valence-electron chi connectivity index (χ0n) is 20.6. The Morgan fingerprint density at radius 1 is 1.00 bits per heavy atom. The second kappa shape index (κ2) is 11.7. The molecule has 4 aromatic rings. The van der Waals surface area contributed by atoms with Gasteiger partial charge in [0.2, 0.25) is 0 Å². The first-order valence-electron chi connectivity index (χ1n) is 12.2. The van der Waals surface area contributed by atoms with Crippen molar-refractivity contribution in [3.8, 4) is 5.88 Å². The molecule has 1 heterocycles. The average Bonchev–Trinajstić information content (AvgIpc) is 3.22. The van der Waals surface area contributed by atoms with Gasteiger partial charge in [-0.25, -0.2) is 4.99 Å². The maximum absolute atomic E-state index is 13.5. The number of nitrogens with one attached hydrogen (secondary N) is 1. The molecule has 0 atom stereocenters. The van der Waals surface area contributed by atoms with Gasteiger partial charge in [0.15, 0.2) is 5.88 Å². The fourth-order valence-electron chi connectivity index (χ4n) is 4.14. The standard InChI is InChI=1S/C28H32N3O4P/c1-3-34-36(33,35-4-2)23-16-17-25-24(19-23)26(28(32)31-25)27(21-10-6-5-7-11-21)30-22-14-12-20(13-15-22)9-8-18-29/h5-7,10-17,19,31-32H,3-4,8-9,18,29H2,1-2H3. The van der Waals surface area contributed by atoms with Crippen LogP contribution in [0.4, 0.5) is 5.69 Å². The summed E-state index contributed by atoms with van der Waals surface area (Å²) in [4.78, 5) is 7.98. The van der Waals surface area contributed by atoms with E-state index >= 15 is 0 Å². The van der Waals surface area contributed by atoms with Gasteiger partial charge >= 0.3 is 7.60 Å². The van der Waals surface area contributed by atoms with Crippen molar-refractivity contribution in [3.05, 3.63) is 89.5 Å². The predicted molar refractivity (Wildman–Crippen MR) is 146 cm³/mol. The molecule has 0 bridgehead atoms. The summed E-state index contributed by atoms with van der Waals surface area (Å²) in [7, 11) is -3.51. The van der Waals surface area contributed by atoms with E-state index in [2.05, 4.69) is 4.98 Å². The number of aliphatic imine (C=N–C) groups is 1. The molecule has 0 aliphatic rings. The van der Waals surface area contributed by atoms with Gasteiger partial charge in [0.05, 0.1) is 35.5 Å². The van der Waals surface area contributed by atoms with E-state index < -0.39 is 7.60 Å². The van der Waals surface area contributed by atoms with E-state index in [-0.39, 0.29) is 19.1 Å². The van der Waals surface area contributed by atoms with Crippen LogP contribution in [-0.4, -0.2) is 35.6 Å². The smallest absolute Gasteiger partial charge is 0.361 e. The van der Waals surface area contributed by atoms with Gasteiger partial charge < -0.3 is 24.9 Å². The Balaban J connectivity index is 1.87. The van der Waals surface area contributed by atoms with Crippen molar-refractivity contribution in [3.63, 3.8) is 0 Å². The summed E-state index contributed by atoms with van der Waals surface area (Å²) in [6, 6.07) is 22.9. The summed E-state index contributed by atoms with van der Waals surface area (Å²) >= 11 is 0. The van der Waals surface area contributed by atoms with E-state index in [0.717, 1.165) is 24.1 Å². The predicted octanol–water partition coefficient (Wildman–Crippen LogP) is 5.83. The topological polar surface area (TPSA) is 110 Å². The highest BCUT2D eigenvalue weighted by molar-refractivity contribution is 7.62. The van der Waals surface area contributed by atoms with Crippen LogP contribution in [0.1, 0.15) is 37.0 Å². The molecule has 4 rings (SSSR count). The molecule has 3 aromatic carbocycles. The molecule has 0 amide bonds. The minimum atomic E-state index is -3.51. The minimum absolute atomic E-state index is 0.0213. The summed E-state index contributed by atoms with van der Waals surface area (Å²) in [5, 5.41) is 12.1. The molecular weight excluding hydrogens is 473 g/mol. The lowest BCUT2D eigenvalue weighted by Crippen LogP contribution is -2.11. The molecule has 0 unspecified atom stereocenters. The van der Waals surface area contributed by atoms with Crippen LogP contribution in [0.25, 0.3) is 10.9 Å². The Morgan fingerprint density at radius 3 is 2.33 bits per heavy atom. The number of nitrogens with zero attached hydrogens (tertiary/aromatic N) is 1. The number of benzene rings is 3. The van der Waals surface area contributed by atoms with Gasteiger partial charge in [0, 0.05) is 16.5 Å². The van der Waals surface area contributed by atoms with Gasteiger partial charge in [-0.1, -0.05) is 42.5 Å². The lowest BCUT2D eigenvalue weighted by atomic mass is 10.0. The van der Waals surface area contributed by atoms with Crippen molar-refractivity contribution < 1.29 is 18.7 Å². The number of hydrogen-bond donors (Lipinski definition) is 3. The van der Waals surface area contributed by atoms with E-state index in [1.165, 1.54) is 5.56 Å². The molecule has 1 aromatic heterocycles. The lowest BCUT2D eigenvalue weighted by molar-refractivity contribution is 0.230. The summed E-state index contributed by atoms with van der Waals surface area (Å²) < 4.78 is 24.6. The van der Waals surface area contributed by atoms with Crippen molar-refractivity contribution >= 4 is 35.2 Å². The van der Waals surface area contributed by atoms with Gasteiger partial charge in [-0.15, -0.1) is 0 Å².